The van der Waals surface area contributed by atoms with Gasteiger partial charge in [-0.15, -0.1) is 0 Å². The Labute approximate surface area is 93.0 Å². The molecule has 0 radical (unpaired) electrons. The molecule has 1 aromatic carbocycles. The summed E-state index contributed by atoms with van der Waals surface area (Å²) in [7, 11) is 1.61. The van der Waals surface area contributed by atoms with Crippen LogP contribution in [0.15, 0.2) is 18.2 Å². The van der Waals surface area contributed by atoms with Gasteiger partial charge in [0.25, 0.3) is 5.69 Å². The minimum atomic E-state index is -0.455. The molecule has 0 unspecified atom stereocenters. The molecule has 1 rings (SSSR count). The monoisotopic (exact) mass is 226 g/mol. The fourth-order valence-corrected chi connectivity index (χ4v) is 1.22. The lowest BCUT2D eigenvalue weighted by atomic mass is 10.2. The van der Waals surface area contributed by atoms with E-state index in [4.69, 9.17) is 9.84 Å². The summed E-state index contributed by atoms with van der Waals surface area (Å²) in [6.45, 7) is 0.448. The number of rotatable bonds is 6. The first-order valence-corrected chi connectivity index (χ1v) is 4.89. The Morgan fingerprint density at radius 3 is 2.88 bits per heavy atom. The number of nitrogens with one attached hydrogen (secondary N) is 1. The first-order chi connectivity index (χ1) is 7.69. The van der Waals surface area contributed by atoms with Gasteiger partial charge in [-0.05, 0) is 6.07 Å². The van der Waals surface area contributed by atoms with E-state index in [0.29, 0.717) is 24.5 Å². The molecule has 0 atom stereocenters. The van der Waals surface area contributed by atoms with Gasteiger partial charge in [0, 0.05) is 32.2 Å². The minimum Gasteiger partial charge on any atom is -0.493 e. The summed E-state index contributed by atoms with van der Waals surface area (Å²) in [4.78, 5) is 10.2. The second-order valence-corrected chi connectivity index (χ2v) is 3.11. The Hall–Kier alpha value is -1.82. The van der Waals surface area contributed by atoms with Crippen LogP contribution in [-0.4, -0.2) is 30.3 Å². The third kappa shape index (κ3) is 3.09. The van der Waals surface area contributed by atoms with Crippen LogP contribution in [0.2, 0.25) is 0 Å². The highest BCUT2D eigenvalue weighted by molar-refractivity contribution is 5.63. The van der Waals surface area contributed by atoms with E-state index >= 15 is 0 Å². The van der Waals surface area contributed by atoms with E-state index < -0.39 is 4.92 Å². The Bertz CT molecular complexity index is 368. The van der Waals surface area contributed by atoms with Crippen LogP contribution in [0.3, 0.4) is 0 Å². The van der Waals surface area contributed by atoms with Crippen molar-refractivity contribution in [3.63, 3.8) is 0 Å². The van der Waals surface area contributed by atoms with E-state index in [2.05, 4.69) is 5.32 Å². The van der Waals surface area contributed by atoms with E-state index in [9.17, 15) is 10.1 Å². The van der Waals surface area contributed by atoms with Crippen LogP contribution in [0.5, 0.6) is 5.75 Å². The quantitative estimate of drug-likeness (QED) is 0.435. The number of anilines is 1. The molecule has 0 amide bonds. The zero-order valence-electron chi connectivity index (χ0n) is 8.97. The molecule has 16 heavy (non-hydrogen) atoms. The summed E-state index contributed by atoms with van der Waals surface area (Å²) in [5.74, 6) is 0.545. The first kappa shape index (κ1) is 12.3. The number of hydrogen-bond donors (Lipinski definition) is 2. The Morgan fingerprint density at radius 1 is 1.56 bits per heavy atom. The molecule has 6 nitrogen and oxygen atoms in total. The van der Waals surface area contributed by atoms with Crippen molar-refractivity contribution in [3.05, 3.63) is 28.3 Å². The van der Waals surface area contributed by atoms with Crippen molar-refractivity contribution in [3.8, 4) is 5.75 Å². The van der Waals surface area contributed by atoms with Crippen LogP contribution < -0.4 is 10.1 Å². The maximum atomic E-state index is 10.6. The Balaban J connectivity index is 2.78. The smallest absolute Gasteiger partial charge is 0.292 e. The number of nitro benzene ring substituents is 1. The molecule has 0 fully saturated rings. The van der Waals surface area contributed by atoms with Gasteiger partial charge in [-0.25, -0.2) is 0 Å². The molecule has 0 aliphatic rings. The lowest BCUT2D eigenvalue weighted by molar-refractivity contribution is -0.384. The molecular formula is C10H14N2O4. The number of nitrogens with zero attached hydrogens (tertiary/aromatic N) is 1. The highest BCUT2D eigenvalue weighted by Crippen LogP contribution is 2.28. The predicted octanol–water partition coefficient (Wildman–Crippen LogP) is 1.40. The average Bonchev–Trinajstić information content (AvgIpc) is 2.29. The summed E-state index contributed by atoms with van der Waals surface area (Å²) in [5.41, 5.74) is 0.420. The minimum absolute atomic E-state index is 0.0111. The van der Waals surface area contributed by atoms with Gasteiger partial charge in [-0.3, -0.25) is 10.1 Å². The van der Waals surface area contributed by atoms with Crippen molar-refractivity contribution in [2.45, 2.75) is 6.42 Å². The van der Waals surface area contributed by atoms with E-state index in [-0.39, 0.29) is 12.3 Å². The van der Waals surface area contributed by atoms with E-state index in [0.717, 1.165) is 0 Å². The first-order valence-electron chi connectivity index (χ1n) is 4.89. The van der Waals surface area contributed by atoms with Gasteiger partial charge in [0.15, 0.2) is 0 Å². The number of ether oxygens (including phenoxy) is 1. The summed E-state index contributed by atoms with van der Waals surface area (Å²) >= 11 is 0. The largest absolute Gasteiger partial charge is 0.493 e. The van der Waals surface area contributed by atoms with Gasteiger partial charge >= 0.3 is 0 Å². The van der Waals surface area contributed by atoms with Crippen LogP contribution in [0, 0.1) is 10.1 Å². The lowest BCUT2D eigenvalue weighted by Gasteiger charge is -2.07. The van der Waals surface area contributed by atoms with Crippen LogP contribution in [-0.2, 0) is 0 Å². The van der Waals surface area contributed by atoms with E-state index in [1.165, 1.54) is 12.1 Å². The lowest BCUT2D eigenvalue weighted by Crippen LogP contribution is -2.01. The fraction of sp³-hybridized carbons (Fsp3) is 0.400. The number of aliphatic hydroxyl groups is 1. The van der Waals surface area contributed by atoms with Crippen molar-refractivity contribution in [2.24, 2.45) is 0 Å². The molecule has 0 aliphatic carbocycles. The molecule has 0 saturated carbocycles. The fourth-order valence-electron chi connectivity index (χ4n) is 1.22. The number of aliphatic hydroxyl groups excluding tert-OH is 1. The second-order valence-electron chi connectivity index (χ2n) is 3.11. The Morgan fingerprint density at radius 2 is 2.31 bits per heavy atom. The van der Waals surface area contributed by atoms with Gasteiger partial charge in [0.2, 0.25) is 0 Å². The summed E-state index contributed by atoms with van der Waals surface area (Å²) in [6.07, 6.45) is 0.534. The zero-order chi connectivity index (χ0) is 12.0. The van der Waals surface area contributed by atoms with Gasteiger partial charge in [-0.2, -0.15) is 0 Å². The molecule has 0 aromatic heterocycles. The molecule has 0 aliphatic heterocycles. The molecular weight excluding hydrogens is 212 g/mol. The highest BCUT2D eigenvalue weighted by atomic mass is 16.6. The van der Waals surface area contributed by atoms with Crippen molar-refractivity contribution in [2.75, 3.05) is 25.6 Å². The van der Waals surface area contributed by atoms with E-state index in [1.807, 2.05) is 0 Å². The normalized spacial score (nSPS) is 9.88. The third-order valence-corrected chi connectivity index (χ3v) is 2.01. The highest BCUT2D eigenvalue weighted by Gasteiger charge is 2.12. The van der Waals surface area contributed by atoms with Crippen molar-refractivity contribution in [1.82, 2.24) is 0 Å². The van der Waals surface area contributed by atoms with Gasteiger partial charge in [0.05, 0.1) is 11.5 Å². The van der Waals surface area contributed by atoms with Crippen LogP contribution in [0.25, 0.3) is 0 Å². The number of nitro groups is 1. The SMILES string of the molecule is CNc1cc(OCCCO)ccc1[N+](=O)[O-]. The number of hydrogen-bond acceptors (Lipinski definition) is 5. The zero-order valence-corrected chi connectivity index (χ0v) is 8.97. The molecule has 0 saturated heterocycles. The van der Waals surface area contributed by atoms with Gasteiger partial charge < -0.3 is 15.2 Å². The molecule has 0 heterocycles. The average molecular weight is 226 g/mol. The molecule has 2 N–H and O–H groups in total. The second kappa shape index (κ2) is 5.92. The van der Waals surface area contributed by atoms with Crippen LogP contribution in [0.4, 0.5) is 11.4 Å². The Kier molecular flexibility index (Phi) is 4.53. The summed E-state index contributed by atoms with van der Waals surface area (Å²) < 4.78 is 5.30. The topological polar surface area (TPSA) is 84.6 Å². The van der Waals surface area contributed by atoms with Gasteiger partial charge in [0.1, 0.15) is 11.4 Å². The third-order valence-electron chi connectivity index (χ3n) is 2.01. The van der Waals surface area contributed by atoms with Crippen LogP contribution in [0.1, 0.15) is 6.42 Å². The predicted molar refractivity (Wildman–Crippen MR) is 59.8 cm³/mol. The summed E-state index contributed by atoms with van der Waals surface area (Å²) in [5, 5.41) is 22.0. The maximum Gasteiger partial charge on any atom is 0.292 e. The summed E-state index contributed by atoms with van der Waals surface area (Å²) in [6, 6.07) is 4.49. The molecule has 0 spiro atoms. The van der Waals surface area contributed by atoms with Crippen LogP contribution >= 0.6 is 0 Å². The van der Waals surface area contributed by atoms with Gasteiger partial charge in [-0.1, -0.05) is 0 Å². The van der Waals surface area contributed by atoms with E-state index in [1.54, 1.807) is 13.1 Å². The van der Waals surface area contributed by atoms with Crippen molar-refractivity contribution >= 4 is 11.4 Å². The molecule has 88 valence electrons. The van der Waals surface area contributed by atoms with Crippen molar-refractivity contribution in [1.29, 1.82) is 0 Å². The number of benzene rings is 1. The molecule has 1 aromatic rings. The van der Waals surface area contributed by atoms with Crippen molar-refractivity contribution < 1.29 is 14.8 Å². The maximum absolute atomic E-state index is 10.6. The molecule has 0 bridgehead atoms. The molecule has 6 heteroatoms. The standard InChI is InChI=1S/C10H14N2O4/c1-11-9-7-8(16-6-2-5-13)3-4-10(9)12(14)15/h3-4,7,11,13H,2,5-6H2,1H3.